The Morgan fingerprint density at radius 1 is 0.863 bits per heavy atom. The number of nitrogens with one attached hydrogen (secondary N) is 3. The van der Waals surface area contributed by atoms with Crippen LogP contribution in [0.25, 0.3) is 0 Å². The first-order valence-electron chi connectivity index (χ1n) is 18.1. The normalized spacial score (nSPS) is 23.0. The summed E-state index contributed by atoms with van der Waals surface area (Å²) in [4.78, 5) is 80.6. The van der Waals surface area contributed by atoms with Crippen LogP contribution in [-0.2, 0) is 28.7 Å². The number of rotatable bonds is 17. The number of nitrogens with zero attached hydrogens (tertiary/aromatic N) is 1. The number of carbonyl (C=O) groups excluding carboxylic acids is 6. The van der Waals surface area contributed by atoms with Crippen molar-refractivity contribution in [2.24, 2.45) is 34.3 Å². The van der Waals surface area contributed by atoms with Crippen LogP contribution in [-0.4, -0.2) is 82.9 Å². The number of amides is 5. The van der Waals surface area contributed by atoms with Crippen molar-refractivity contribution in [3.63, 3.8) is 0 Å². The van der Waals surface area contributed by atoms with Crippen molar-refractivity contribution in [2.45, 2.75) is 156 Å². The van der Waals surface area contributed by atoms with Crippen molar-refractivity contribution >= 4 is 35.5 Å². The fourth-order valence-corrected chi connectivity index (χ4v) is 7.13. The number of primary amides is 1. The Balaban J connectivity index is 1.73. The van der Waals surface area contributed by atoms with Gasteiger partial charge in [-0.2, -0.15) is 13.2 Å². The molecule has 6 atom stereocenters. The maximum atomic E-state index is 14.3. The van der Waals surface area contributed by atoms with Crippen molar-refractivity contribution in [3.8, 4) is 0 Å². The molecule has 51 heavy (non-hydrogen) atoms. The smallest absolute Gasteiger partial charge is 0.389 e. The van der Waals surface area contributed by atoms with Crippen LogP contribution in [0.15, 0.2) is 0 Å². The summed E-state index contributed by atoms with van der Waals surface area (Å²) in [6.07, 6.45) is -0.889. The number of Topliss-reactive ketones (excluding diaryl/α,β-unsaturated/α-hetero) is 1. The molecular weight excluding hydrogens is 671 g/mol. The van der Waals surface area contributed by atoms with Crippen LogP contribution in [0.1, 0.15) is 120 Å². The highest BCUT2D eigenvalue weighted by molar-refractivity contribution is 6.37. The Bertz CT molecular complexity index is 1320. The second-order valence-corrected chi connectivity index (χ2v) is 17.3. The number of ether oxygens (including phenoxy) is 1. The quantitative estimate of drug-likeness (QED) is 0.0966. The van der Waals surface area contributed by atoms with E-state index in [9.17, 15) is 41.9 Å². The van der Waals surface area contributed by atoms with Gasteiger partial charge in [-0.15, -0.1) is 0 Å². The van der Waals surface area contributed by atoms with E-state index in [1.54, 1.807) is 41.5 Å². The molecule has 5 amide bonds. The number of esters is 1. The molecule has 0 aromatic carbocycles. The number of halogens is 3. The van der Waals surface area contributed by atoms with Gasteiger partial charge in [0.05, 0.1) is 6.04 Å². The highest BCUT2D eigenvalue weighted by Crippen LogP contribution is 2.65. The Morgan fingerprint density at radius 3 is 1.98 bits per heavy atom. The van der Waals surface area contributed by atoms with Gasteiger partial charge in [-0.1, -0.05) is 73.1 Å². The number of likely N-dealkylation sites (tertiary alicyclic amines) is 1. The number of hydrogen-bond donors (Lipinski definition) is 4. The van der Waals surface area contributed by atoms with Gasteiger partial charge < -0.3 is 31.3 Å². The molecule has 3 rings (SSSR count). The summed E-state index contributed by atoms with van der Waals surface area (Å²) in [7, 11) is 0. The van der Waals surface area contributed by atoms with E-state index in [2.05, 4.69) is 16.0 Å². The van der Waals surface area contributed by atoms with Crippen LogP contribution < -0.4 is 21.7 Å². The van der Waals surface area contributed by atoms with Crippen LogP contribution in [0.2, 0.25) is 0 Å². The summed E-state index contributed by atoms with van der Waals surface area (Å²) < 4.78 is 42.9. The molecule has 2 saturated carbocycles. The number of ketones is 1. The van der Waals surface area contributed by atoms with E-state index >= 15 is 0 Å². The number of alkyl halides is 3. The van der Waals surface area contributed by atoms with Gasteiger partial charge in [0.25, 0.3) is 5.91 Å². The van der Waals surface area contributed by atoms with E-state index in [1.807, 2.05) is 13.8 Å². The maximum absolute atomic E-state index is 14.3. The first-order chi connectivity index (χ1) is 23.3. The van der Waals surface area contributed by atoms with Crippen molar-refractivity contribution in [1.82, 2.24) is 20.9 Å². The van der Waals surface area contributed by atoms with E-state index in [-0.39, 0.29) is 49.0 Å². The summed E-state index contributed by atoms with van der Waals surface area (Å²) in [6, 6.07) is -5.05. The van der Waals surface area contributed by atoms with Crippen molar-refractivity contribution < 1.29 is 46.7 Å². The molecular formula is C36H58F3N5O7. The van der Waals surface area contributed by atoms with Crippen LogP contribution >= 0.6 is 0 Å². The highest BCUT2D eigenvalue weighted by Gasteiger charge is 2.70. The molecule has 1 saturated heterocycles. The average molecular weight is 730 g/mol. The molecule has 2 unspecified atom stereocenters. The lowest BCUT2D eigenvalue weighted by atomic mass is 9.85. The van der Waals surface area contributed by atoms with E-state index in [4.69, 9.17) is 10.5 Å². The highest BCUT2D eigenvalue weighted by atomic mass is 19.4. The number of urea groups is 1. The molecule has 1 aliphatic heterocycles. The zero-order chi connectivity index (χ0) is 38.7. The zero-order valence-corrected chi connectivity index (χ0v) is 31.3. The van der Waals surface area contributed by atoms with Gasteiger partial charge >= 0.3 is 18.2 Å². The predicted molar refractivity (Wildman–Crippen MR) is 183 cm³/mol. The molecule has 0 bridgehead atoms. The second kappa shape index (κ2) is 16.1. The number of carbonyl (C=O) groups is 6. The summed E-state index contributed by atoms with van der Waals surface area (Å²) in [6.45, 7) is 14.6. The number of unbranched alkanes of at least 4 members (excludes halogenated alkanes) is 4. The van der Waals surface area contributed by atoms with E-state index in [0.717, 1.165) is 12.8 Å². The predicted octanol–water partition coefficient (Wildman–Crippen LogP) is 4.53. The fourth-order valence-electron chi connectivity index (χ4n) is 7.13. The molecule has 0 radical (unpaired) electrons. The molecule has 12 nitrogen and oxygen atoms in total. The number of hydrogen-bond acceptors (Lipinski definition) is 7. The third-order valence-electron chi connectivity index (χ3n) is 10.2. The van der Waals surface area contributed by atoms with Gasteiger partial charge in [0.15, 0.2) is 0 Å². The largest absolute Gasteiger partial charge is 0.458 e. The Labute approximate surface area is 299 Å². The molecule has 0 aromatic heterocycles. The third-order valence-corrected chi connectivity index (χ3v) is 10.2. The first-order valence-corrected chi connectivity index (χ1v) is 18.1. The Kier molecular flexibility index (Phi) is 13.3. The van der Waals surface area contributed by atoms with Crippen molar-refractivity contribution in [3.05, 3.63) is 0 Å². The van der Waals surface area contributed by atoms with Crippen LogP contribution in [0, 0.1) is 28.6 Å². The topological polar surface area (TPSA) is 177 Å². The lowest BCUT2D eigenvalue weighted by molar-refractivity contribution is -0.157. The molecule has 1 heterocycles. The number of fused-ring (bicyclic) bond motifs is 1. The van der Waals surface area contributed by atoms with Gasteiger partial charge in [0.2, 0.25) is 17.6 Å². The average Bonchev–Trinajstić information content (AvgIpc) is 3.83. The zero-order valence-electron chi connectivity index (χ0n) is 31.3. The number of piperidine rings is 1. The molecule has 290 valence electrons. The molecule has 3 aliphatic rings. The summed E-state index contributed by atoms with van der Waals surface area (Å²) in [5, 5.41) is 8.10. The summed E-state index contributed by atoms with van der Waals surface area (Å²) >= 11 is 0. The van der Waals surface area contributed by atoms with Gasteiger partial charge in [0, 0.05) is 13.0 Å². The lowest BCUT2D eigenvalue weighted by Crippen LogP contribution is -2.62. The van der Waals surface area contributed by atoms with E-state index < -0.39 is 83.3 Å². The summed E-state index contributed by atoms with van der Waals surface area (Å²) in [5.74, 6) is -3.76. The van der Waals surface area contributed by atoms with Gasteiger partial charge in [-0.05, 0) is 68.6 Å². The SMILES string of the molecule is CC(C)(C)OC(=O)C(CCCCCCCC(F)(F)F)NC(=O)N[C@H](C(=O)N1C[C@H]2[C@@H]([C@H]1C(=O)NC(CC1CC1)C(=O)C(N)=O)C2(C)C)C(C)(C)C. The summed E-state index contributed by atoms with van der Waals surface area (Å²) in [5.41, 5.74) is 3.34. The maximum Gasteiger partial charge on any atom is 0.389 e. The monoisotopic (exact) mass is 729 g/mol. The van der Waals surface area contributed by atoms with Crippen molar-refractivity contribution in [1.29, 1.82) is 0 Å². The molecule has 0 aromatic rings. The fraction of sp³-hybridized carbons (Fsp3) is 0.833. The van der Waals surface area contributed by atoms with Gasteiger partial charge in [0.1, 0.15) is 23.7 Å². The Hall–Kier alpha value is -3.39. The molecule has 5 N–H and O–H groups in total. The minimum Gasteiger partial charge on any atom is -0.458 e. The minimum atomic E-state index is -4.20. The molecule has 15 heteroatoms. The lowest BCUT2D eigenvalue weighted by Gasteiger charge is -2.38. The first kappa shape index (κ1) is 42.0. The van der Waals surface area contributed by atoms with Crippen LogP contribution in [0.5, 0.6) is 0 Å². The van der Waals surface area contributed by atoms with Crippen LogP contribution in [0.3, 0.4) is 0 Å². The van der Waals surface area contributed by atoms with Crippen molar-refractivity contribution in [2.75, 3.05) is 6.54 Å². The Morgan fingerprint density at radius 2 is 1.45 bits per heavy atom. The number of nitrogens with two attached hydrogens (primary N) is 1. The second-order valence-electron chi connectivity index (χ2n) is 17.3. The minimum absolute atomic E-state index is 0.00498. The van der Waals surface area contributed by atoms with Gasteiger partial charge in [-0.3, -0.25) is 19.2 Å². The molecule has 3 fully saturated rings. The standard InChI is InChI=1S/C36H58F3N5O7/c1-33(2,3)27(43-32(50)42-22(31(49)51-34(4,5)6)14-12-10-9-11-13-17-36(37,38)39)30(48)44-19-21-24(35(21,7)8)25(44)29(47)41-23(18-20-15-16-20)26(45)28(40)46/h20-25,27H,9-19H2,1-8H3,(H2,40,46)(H,41,47)(H2,42,43,50)/t21-,22?,23?,24-,25-,27+/m0/s1. The molecule has 2 aliphatic carbocycles. The van der Waals surface area contributed by atoms with Gasteiger partial charge in [-0.25, -0.2) is 9.59 Å². The molecule has 0 spiro atoms. The van der Waals surface area contributed by atoms with E-state index in [0.29, 0.717) is 25.7 Å². The van der Waals surface area contributed by atoms with Crippen LogP contribution in [0.4, 0.5) is 18.0 Å². The third kappa shape index (κ3) is 12.1. The van der Waals surface area contributed by atoms with E-state index in [1.165, 1.54) is 4.90 Å².